The van der Waals surface area contributed by atoms with Gasteiger partial charge < -0.3 is 19.6 Å². The quantitative estimate of drug-likeness (QED) is 0.426. The van der Waals surface area contributed by atoms with Gasteiger partial charge in [0.2, 0.25) is 5.91 Å². The van der Waals surface area contributed by atoms with E-state index in [0.29, 0.717) is 24.0 Å². The second kappa shape index (κ2) is 10.7. The van der Waals surface area contributed by atoms with E-state index in [1.54, 1.807) is 12.3 Å². The summed E-state index contributed by atoms with van der Waals surface area (Å²) < 4.78 is 16.5. The standard InChI is InChI=1S/C28H41FN4O2/c1-19(34)30-18-27-25(17-31-35-5)24-16-21(29)8-11-26(24)33(27)23-12-14-32(15-13-23)22-9-6-20(7-10-22)28(2,3)4/h8,11,16-17,20,22-23H,6-7,9-10,12-15,18H2,1-5H3,(H,30,34)/b31-17-. The molecule has 1 aromatic carbocycles. The highest BCUT2D eigenvalue weighted by Gasteiger charge is 2.34. The van der Waals surface area contributed by atoms with Crippen LogP contribution in [-0.4, -0.2) is 47.8 Å². The Balaban J connectivity index is 1.56. The van der Waals surface area contributed by atoms with Crippen LogP contribution in [0.1, 0.15) is 83.5 Å². The van der Waals surface area contributed by atoms with Crippen molar-refractivity contribution in [3.63, 3.8) is 0 Å². The summed E-state index contributed by atoms with van der Waals surface area (Å²) in [4.78, 5) is 19.4. The third-order valence-corrected chi connectivity index (χ3v) is 8.20. The predicted octanol–water partition coefficient (Wildman–Crippen LogP) is 5.64. The van der Waals surface area contributed by atoms with Gasteiger partial charge in [-0.15, -0.1) is 0 Å². The average molecular weight is 485 g/mol. The fourth-order valence-electron chi connectivity index (χ4n) is 6.24. The number of carbonyl (C=O) groups is 1. The Hall–Kier alpha value is -2.41. The van der Waals surface area contributed by atoms with Gasteiger partial charge in [-0.05, 0) is 68.1 Å². The zero-order chi connectivity index (χ0) is 25.2. The summed E-state index contributed by atoms with van der Waals surface area (Å²) in [5, 5.41) is 7.73. The van der Waals surface area contributed by atoms with Crippen LogP contribution < -0.4 is 5.32 Å². The molecule has 2 fully saturated rings. The zero-order valence-corrected chi connectivity index (χ0v) is 21.9. The Kier molecular flexibility index (Phi) is 7.84. The maximum absolute atomic E-state index is 14.2. The fraction of sp³-hybridized carbons (Fsp3) is 0.643. The molecule has 1 aliphatic carbocycles. The monoisotopic (exact) mass is 484 g/mol. The van der Waals surface area contributed by atoms with E-state index >= 15 is 0 Å². The molecule has 1 amide bonds. The van der Waals surface area contributed by atoms with Gasteiger partial charge in [0.05, 0.1) is 12.8 Å². The molecule has 0 atom stereocenters. The summed E-state index contributed by atoms with van der Waals surface area (Å²) in [5.41, 5.74) is 3.14. The number of hydrogen-bond donors (Lipinski definition) is 1. The average Bonchev–Trinajstić information content (AvgIpc) is 3.13. The number of benzene rings is 1. The van der Waals surface area contributed by atoms with Crippen LogP contribution in [0, 0.1) is 17.2 Å². The largest absolute Gasteiger partial charge is 0.399 e. The van der Waals surface area contributed by atoms with Crippen LogP contribution in [0.4, 0.5) is 4.39 Å². The molecular weight excluding hydrogens is 443 g/mol. The molecule has 2 aliphatic rings. The van der Waals surface area contributed by atoms with E-state index in [4.69, 9.17) is 4.84 Å². The second-order valence-electron chi connectivity index (χ2n) is 11.4. The highest BCUT2D eigenvalue weighted by molar-refractivity contribution is 6.01. The third kappa shape index (κ3) is 5.71. The number of rotatable bonds is 6. The minimum absolute atomic E-state index is 0.0942. The van der Waals surface area contributed by atoms with Crippen LogP contribution in [0.5, 0.6) is 0 Å². The second-order valence-corrected chi connectivity index (χ2v) is 11.4. The van der Waals surface area contributed by atoms with Gasteiger partial charge in [0.15, 0.2) is 0 Å². The summed E-state index contributed by atoms with van der Waals surface area (Å²) >= 11 is 0. The molecule has 0 unspecified atom stereocenters. The lowest BCUT2D eigenvalue weighted by Gasteiger charge is -2.44. The molecule has 192 valence electrons. The normalized spacial score (nSPS) is 22.7. The predicted molar refractivity (Wildman–Crippen MR) is 139 cm³/mol. The van der Waals surface area contributed by atoms with Crippen LogP contribution in [0.25, 0.3) is 10.9 Å². The van der Waals surface area contributed by atoms with Crippen LogP contribution in [0.3, 0.4) is 0 Å². The Morgan fingerprint density at radius 2 is 1.83 bits per heavy atom. The number of piperidine rings is 1. The lowest BCUT2D eigenvalue weighted by atomic mass is 9.71. The first-order valence-electron chi connectivity index (χ1n) is 13.1. The minimum atomic E-state index is -0.284. The molecule has 4 rings (SSSR count). The lowest BCUT2D eigenvalue weighted by molar-refractivity contribution is -0.119. The van der Waals surface area contributed by atoms with Gasteiger partial charge in [-0.3, -0.25) is 4.79 Å². The molecule has 1 N–H and O–H groups in total. The zero-order valence-electron chi connectivity index (χ0n) is 21.9. The van der Waals surface area contributed by atoms with Gasteiger partial charge in [0.25, 0.3) is 0 Å². The molecule has 2 heterocycles. The molecule has 7 heteroatoms. The number of carbonyl (C=O) groups excluding carboxylic acids is 1. The Morgan fingerprint density at radius 3 is 2.43 bits per heavy atom. The number of amides is 1. The first kappa shape index (κ1) is 25.7. The maximum atomic E-state index is 14.2. The summed E-state index contributed by atoms with van der Waals surface area (Å²) in [6.07, 6.45) is 8.95. The summed E-state index contributed by atoms with van der Waals surface area (Å²) in [5.74, 6) is 0.447. The van der Waals surface area contributed by atoms with Gasteiger partial charge in [-0.25, -0.2) is 4.39 Å². The first-order chi connectivity index (χ1) is 16.7. The van der Waals surface area contributed by atoms with Crippen molar-refractivity contribution in [3.05, 3.63) is 35.3 Å². The number of hydrogen-bond acceptors (Lipinski definition) is 4. The van der Waals surface area contributed by atoms with Gasteiger partial charge in [0.1, 0.15) is 12.9 Å². The number of aromatic nitrogens is 1. The Bertz CT molecular complexity index is 1060. The highest BCUT2D eigenvalue weighted by Crippen LogP contribution is 2.40. The maximum Gasteiger partial charge on any atom is 0.217 e. The highest BCUT2D eigenvalue weighted by atomic mass is 19.1. The van der Waals surface area contributed by atoms with Crippen LogP contribution in [0.15, 0.2) is 23.4 Å². The summed E-state index contributed by atoms with van der Waals surface area (Å²) in [7, 11) is 1.49. The molecule has 6 nitrogen and oxygen atoms in total. The van der Waals surface area contributed by atoms with Crippen LogP contribution in [-0.2, 0) is 16.2 Å². The number of likely N-dealkylation sites (tertiary alicyclic amines) is 1. The van der Waals surface area contributed by atoms with Crippen molar-refractivity contribution in [2.24, 2.45) is 16.5 Å². The molecule has 1 aliphatic heterocycles. The summed E-state index contributed by atoms with van der Waals surface area (Å²) in [6, 6.07) is 5.91. The van der Waals surface area contributed by atoms with E-state index in [1.807, 2.05) is 6.07 Å². The van der Waals surface area contributed by atoms with Crippen molar-refractivity contribution in [1.29, 1.82) is 0 Å². The molecule has 0 radical (unpaired) electrons. The van der Waals surface area contributed by atoms with E-state index in [0.717, 1.165) is 54.0 Å². The number of halogens is 1. The number of nitrogens with zero attached hydrogens (tertiary/aromatic N) is 3. The number of nitrogens with one attached hydrogen (secondary N) is 1. The molecule has 0 bridgehead atoms. The molecule has 1 saturated heterocycles. The van der Waals surface area contributed by atoms with E-state index in [2.05, 4.69) is 40.7 Å². The van der Waals surface area contributed by atoms with Gasteiger partial charge in [-0.2, -0.15) is 0 Å². The smallest absolute Gasteiger partial charge is 0.217 e. The number of oxime groups is 1. The van der Waals surface area contributed by atoms with E-state index in [1.165, 1.54) is 45.8 Å². The van der Waals surface area contributed by atoms with E-state index < -0.39 is 0 Å². The van der Waals surface area contributed by atoms with Crippen molar-refractivity contribution in [3.8, 4) is 0 Å². The Morgan fingerprint density at radius 1 is 1.14 bits per heavy atom. The molecule has 2 aromatic rings. The third-order valence-electron chi connectivity index (χ3n) is 8.20. The topological polar surface area (TPSA) is 58.9 Å². The van der Waals surface area contributed by atoms with Crippen molar-refractivity contribution >= 4 is 23.0 Å². The SMILES string of the molecule is CO/N=C\c1c(CNC(C)=O)n(C2CCN(C3CCC(C(C)(C)C)CC3)CC2)c2ccc(F)cc12. The fourth-order valence-corrected chi connectivity index (χ4v) is 6.24. The van der Waals surface area contributed by atoms with Gasteiger partial charge in [0, 0.05) is 54.3 Å². The Labute approximate surface area is 208 Å². The van der Waals surface area contributed by atoms with Gasteiger partial charge in [-0.1, -0.05) is 25.9 Å². The first-order valence-corrected chi connectivity index (χ1v) is 13.1. The minimum Gasteiger partial charge on any atom is -0.399 e. The molecule has 0 spiro atoms. The van der Waals surface area contributed by atoms with Gasteiger partial charge >= 0.3 is 0 Å². The molecule has 35 heavy (non-hydrogen) atoms. The van der Waals surface area contributed by atoms with E-state index in [-0.39, 0.29) is 11.7 Å². The van der Waals surface area contributed by atoms with Crippen molar-refractivity contribution in [1.82, 2.24) is 14.8 Å². The molecule has 1 saturated carbocycles. The lowest BCUT2D eigenvalue weighted by Crippen LogP contribution is -2.44. The molecular formula is C28H41FN4O2. The summed E-state index contributed by atoms with van der Waals surface area (Å²) in [6.45, 7) is 11.1. The van der Waals surface area contributed by atoms with Crippen LogP contribution >= 0.6 is 0 Å². The van der Waals surface area contributed by atoms with Crippen molar-refractivity contribution in [2.45, 2.75) is 84.8 Å². The van der Waals surface area contributed by atoms with Crippen molar-refractivity contribution < 1.29 is 14.0 Å². The van der Waals surface area contributed by atoms with Crippen LogP contribution in [0.2, 0.25) is 0 Å². The number of fused-ring (bicyclic) bond motifs is 1. The molecule has 1 aromatic heterocycles. The van der Waals surface area contributed by atoms with Crippen molar-refractivity contribution in [2.75, 3.05) is 20.2 Å². The van der Waals surface area contributed by atoms with E-state index in [9.17, 15) is 9.18 Å².